The summed E-state index contributed by atoms with van der Waals surface area (Å²) < 4.78 is 19.8. The molecule has 0 fully saturated rings. The summed E-state index contributed by atoms with van der Waals surface area (Å²) in [5.74, 6) is -1.28. The van der Waals surface area contributed by atoms with Crippen molar-refractivity contribution < 1.29 is 18.6 Å². The monoisotopic (exact) mass is 189 g/mol. The molecule has 0 bridgehead atoms. The molecule has 0 spiro atoms. The maximum absolute atomic E-state index is 5.01. The lowest BCUT2D eigenvalue weighted by atomic mass is 10.3. The van der Waals surface area contributed by atoms with Gasteiger partial charge in [-0.3, -0.25) is 0 Å². The van der Waals surface area contributed by atoms with Gasteiger partial charge in [-0.1, -0.05) is 6.08 Å². The predicted octanol–water partition coefficient (Wildman–Crippen LogP) is 0.234. The summed E-state index contributed by atoms with van der Waals surface area (Å²) in [6.07, 6.45) is 1.01. The highest BCUT2D eigenvalue weighted by Crippen LogP contribution is 2.20. The van der Waals surface area contributed by atoms with Crippen LogP contribution in [0.15, 0.2) is 12.7 Å². The number of hydrogen-bond donors (Lipinski definition) is 0. The van der Waals surface area contributed by atoms with Crippen LogP contribution in [0.4, 0.5) is 0 Å². The summed E-state index contributed by atoms with van der Waals surface area (Å²) in [6.45, 7) is 3.56. The zero-order valence-corrected chi connectivity index (χ0v) is 8.49. The maximum atomic E-state index is 5.01. The molecule has 69 valence electrons. The fourth-order valence-electron chi connectivity index (χ4n) is 0.842. The lowest BCUT2D eigenvalue weighted by Gasteiger charge is -2.33. The van der Waals surface area contributed by atoms with Crippen LogP contribution in [0.25, 0.3) is 0 Å². The van der Waals surface area contributed by atoms with E-state index in [1.165, 1.54) is 27.4 Å². The van der Waals surface area contributed by atoms with Crippen molar-refractivity contribution in [2.75, 3.05) is 21.3 Å². The van der Waals surface area contributed by atoms with Crippen LogP contribution in [0.1, 0.15) is 0 Å². The summed E-state index contributed by atoms with van der Waals surface area (Å²) in [5.41, 5.74) is 0. The molecule has 0 aliphatic carbocycles. The van der Waals surface area contributed by atoms with Crippen LogP contribution >= 0.6 is 0 Å². The highest BCUT2D eigenvalue weighted by Gasteiger charge is 2.38. The lowest BCUT2D eigenvalue weighted by molar-refractivity contribution is -0.355. The molecular formula is C7H13O4Si. The minimum absolute atomic E-state index is 0.509. The second-order valence-corrected chi connectivity index (χ2v) is 2.21. The van der Waals surface area contributed by atoms with Gasteiger partial charge in [0.1, 0.15) is 0 Å². The number of ether oxygens (including phenoxy) is 3. The number of methoxy groups -OCH3 is 3. The van der Waals surface area contributed by atoms with Gasteiger partial charge in [-0.2, -0.15) is 0 Å². The Morgan fingerprint density at radius 2 is 1.83 bits per heavy atom. The summed E-state index contributed by atoms with van der Waals surface area (Å²) in [5, 5.41) is 0. The molecule has 0 aliphatic heterocycles. The molecule has 0 saturated heterocycles. The first-order chi connectivity index (χ1) is 5.70. The highest BCUT2D eigenvalue weighted by molar-refractivity contribution is 5.98. The van der Waals surface area contributed by atoms with E-state index in [0.717, 1.165) is 0 Å². The zero-order chi connectivity index (χ0) is 9.61. The minimum Gasteiger partial charge on any atom is -0.369 e. The van der Waals surface area contributed by atoms with Crippen LogP contribution in [0.2, 0.25) is 0 Å². The Bertz CT molecular complexity index is 127. The van der Waals surface area contributed by atoms with E-state index in [4.69, 9.17) is 18.6 Å². The van der Waals surface area contributed by atoms with E-state index < -0.39 is 12.1 Å². The van der Waals surface area contributed by atoms with Crippen LogP contribution in [-0.2, 0) is 18.6 Å². The van der Waals surface area contributed by atoms with E-state index >= 15 is 0 Å². The Hall–Kier alpha value is -0.203. The van der Waals surface area contributed by atoms with Crippen LogP contribution in [0, 0.1) is 0 Å². The number of rotatable bonds is 6. The van der Waals surface area contributed by atoms with E-state index in [-0.39, 0.29) is 0 Å². The molecule has 12 heavy (non-hydrogen) atoms. The third-order valence-corrected chi connectivity index (χ3v) is 1.81. The quantitative estimate of drug-likeness (QED) is 0.340. The number of hydrogen-bond acceptors (Lipinski definition) is 4. The minimum atomic E-state index is -1.28. The van der Waals surface area contributed by atoms with Crippen molar-refractivity contribution in [3.8, 4) is 0 Å². The molecule has 0 aliphatic rings. The van der Waals surface area contributed by atoms with Crippen LogP contribution in [0.5, 0.6) is 0 Å². The molecule has 0 N–H and O–H groups in total. The van der Waals surface area contributed by atoms with E-state index in [1.54, 1.807) is 0 Å². The van der Waals surface area contributed by atoms with Gasteiger partial charge in [0.15, 0.2) is 6.10 Å². The van der Waals surface area contributed by atoms with Gasteiger partial charge in [0.25, 0.3) is 10.5 Å². The van der Waals surface area contributed by atoms with Crippen LogP contribution in [-0.4, -0.2) is 43.9 Å². The largest absolute Gasteiger partial charge is 0.369 e. The second-order valence-electron chi connectivity index (χ2n) is 2.01. The maximum Gasteiger partial charge on any atom is 0.304 e. The predicted molar refractivity (Wildman–Crippen MR) is 44.6 cm³/mol. The van der Waals surface area contributed by atoms with Gasteiger partial charge < -0.3 is 18.6 Å². The third kappa shape index (κ3) is 2.15. The summed E-state index contributed by atoms with van der Waals surface area (Å²) in [4.78, 5) is 0. The van der Waals surface area contributed by atoms with E-state index in [2.05, 4.69) is 17.1 Å². The van der Waals surface area contributed by atoms with Gasteiger partial charge in [0.2, 0.25) is 0 Å². The Kier molecular flexibility index (Phi) is 5.35. The average molecular weight is 189 g/mol. The van der Waals surface area contributed by atoms with Gasteiger partial charge in [0.05, 0.1) is 0 Å². The third-order valence-electron chi connectivity index (χ3n) is 1.53. The zero-order valence-electron chi connectivity index (χ0n) is 7.49. The lowest BCUT2D eigenvalue weighted by Crippen LogP contribution is -2.48. The highest BCUT2D eigenvalue weighted by atomic mass is 28.2. The van der Waals surface area contributed by atoms with Crippen LogP contribution < -0.4 is 0 Å². The van der Waals surface area contributed by atoms with Gasteiger partial charge in [-0.25, -0.2) is 0 Å². The first kappa shape index (κ1) is 11.8. The van der Waals surface area contributed by atoms with E-state index in [0.29, 0.717) is 0 Å². The van der Waals surface area contributed by atoms with Gasteiger partial charge in [0, 0.05) is 21.3 Å². The average Bonchev–Trinajstić information content (AvgIpc) is 2.14. The molecule has 0 rings (SSSR count). The molecule has 1 unspecified atom stereocenters. The molecule has 0 saturated carbocycles. The van der Waals surface area contributed by atoms with Gasteiger partial charge >= 0.3 is 5.97 Å². The first-order valence-electron chi connectivity index (χ1n) is 3.31. The molecular weight excluding hydrogens is 176 g/mol. The Labute approximate surface area is 76.0 Å². The van der Waals surface area contributed by atoms with Crippen molar-refractivity contribution in [1.29, 1.82) is 0 Å². The SMILES string of the molecule is C=CC(OC)C(OC)(OC)O[Si]. The van der Waals surface area contributed by atoms with Crippen LogP contribution in [0.3, 0.4) is 0 Å². The van der Waals surface area contributed by atoms with E-state index in [9.17, 15) is 0 Å². The van der Waals surface area contributed by atoms with Crippen molar-refractivity contribution in [3.63, 3.8) is 0 Å². The Morgan fingerprint density at radius 1 is 1.33 bits per heavy atom. The molecule has 0 aromatic rings. The van der Waals surface area contributed by atoms with Crippen molar-refractivity contribution >= 4 is 10.5 Å². The van der Waals surface area contributed by atoms with Gasteiger partial charge in [-0.15, -0.1) is 6.58 Å². The Morgan fingerprint density at radius 3 is 1.92 bits per heavy atom. The Balaban J connectivity index is 4.53. The van der Waals surface area contributed by atoms with Crippen molar-refractivity contribution in [1.82, 2.24) is 0 Å². The summed E-state index contributed by atoms with van der Waals surface area (Å²) in [7, 11) is 7.24. The molecule has 1 atom stereocenters. The molecule has 0 amide bonds. The summed E-state index contributed by atoms with van der Waals surface area (Å²) >= 11 is 0. The smallest absolute Gasteiger partial charge is 0.304 e. The summed E-state index contributed by atoms with van der Waals surface area (Å²) in [6, 6.07) is 0. The van der Waals surface area contributed by atoms with E-state index in [1.807, 2.05) is 0 Å². The molecule has 3 radical (unpaired) electrons. The molecule has 0 aromatic carbocycles. The molecule has 0 aromatic heterocycles. The van der Waals surface area contributed by atoms with Crippen molar-refractivity contribution in [2.45, 2.75) is 12.1 Å². The standard InChI is InChI=1S/C7H13O4Si/c1-5-6(8-2)7(9-3,10-4)11-12/h5-6H,1H2,2-4H3. The fourth-order valence-corrected chi connectivity index (χ4v) is 1.12. The first-order valence-corrected chi connectivity index (χ1v) is 3.72. The normalized spacial score (nSPS) is 14.3. The second kappa shape index (κ2) is 5.44. The van der Waals surface area contributed by atoms with Crippen molar-refractivity contribution in [2.24, 2.45) is 0 Å². The van der Waals surface area contributed by atoms with Gasteiger partial charge in [-0.05, 0) is 0 Å². The molecule has 4 nitrogen and oxygen atoms in total. The molecule has 0 heterocycles. The molecule has 5 heteroatoms. The fraction of sp³-hybridized carbons (Fsp3) is 0.714. The topological polar surface area (TPSA) is 36.9 Å². The van der Waals surface area contributed by atoms with Crippen molar-refractivity contribution in [3.05, 3.63) is 12.7 Å².